The van der Waals surface area contributed by atoms with Crippen molar-refractivity contribution >= 4 is 0 Å². The van der Waals surface area contributed by atoms with Gasteiger partial charge in [0.1, 0.15) is 0 Å². The molecule has 0 N–H and O–H groups in total. The molecular formula is C15H17N. The third-order valence-electron chi connectivity index (χ3n) is 2.86. The van der Waals surface area contributed by atoms with Crippen LogP contribution in [-0.2, 0) is 0 Å². The summed E-state index contributed by atoms with van der Waals surface area (Å²) in [6.45, 7) is 6.49. The summed E-state index contributed by atoms with van der Waals surface area (Å²) in [5.41, 5.74) is 4.91. The predicted molar refractivity (Wildman–Crippen MR) is 68.5 cm³/mol. The van der Waals surface area contributed by atoms with E-state index in [0.717, 1.165) is 5.69 Å². The van der Waals surface area contributed by atoms with Gasteiger partial charge in [-0.15, -0.1) is 0 Å². The highest BCUT2D eigenvalue weighted by molar-refractivity contribution is 5.63. The molecule has 16 heavy (non-hydrogen) atoms. The first-order valence-electron chi connectivity index (χ1n) is 5.70. The number of hydrogen-bond acceptors (Lipinski definition) is 1. The first-order valence-corrected chi connectivity index (χ1v) is 5.70. The van der Waals surface area contributed by atoms with Crippen molar-refractivity contribution in [3.05, 3.63) is 53.9 Å². The molecule has 82 valence electrons. The monoisotopic (exact) mass is 211 g/mol. The number of nitrogens with zero attached hydrogens (tertiary/aromatic N) is 1. The van der Waals surface area contributed by atoms with Crippen molar-refractivity contribution in [2.75, 3.05) is 0 Å². The Kier molecular flexibility index (Phi) is 3.04. The van der Waals surface area contributed by atoms with Crippen LogP contribution < -0.4 is 0 Å². The fourth-order valence-corrected chi connectivity index (χ4v) is 1.92. The van der Waals surface area contributed by atoms with Crippen molar-refractivity contribution in [2.24, 2.45) is 0 Å². The van der Waals surface area contributed by atoms with Gasteiger partial charge in [0.2, 0.25) is 0 Å². The molecule has 0 aliphatic carbocycles. The highest BCUT2D eigenvalue weighted by Crippen LogP contribution is 2.24. The molecule has 2 aromatic rings. The average Bonchev–Trinajstić information content (AvgIpc) is 2.30. The van der Waals surface area contributed by atoms with E-state index in [-0.39, 0.29) is 0 Å². The van der Waals surface area contributed by atoms with Gasteiger partial charge in [-0.3, -0.25) is 4.98 Å². The molecule has 0 radical (unpaired) electrons. The minimum absolute atomic E-state index is 0.524. The highest BCUT2D eigenvalue weighted by atomic mass is 14.7. The molecule has 0 saturated carbocycles. The Morgan fingerprint density at radius 3 is 2.31 bits per heavy atom. The zero-order valence-electron chi connectivity index (χ0n) is 10.1. The maximum atomic E-state index is 4.48. The van der Waals surface area contributed by atoms with Crippen LogP contribution in [-0.4, -0.2) is 4.98 Å². The van der Waals surface area contributed by atoms with Crippen molar-refractivity contribution in [1.82, 2.24) is 4.98 Å². The Labute approximate surface area is 97.2 Å². The van der Waals surface area contributed by atoms with Crippen LogP contribution in [0.25, 0.3) is 11.1 Å². The zero-order valence-corrected chi connectivity index (χ0v) is 10.1. The fourth-order valence-electron chi connectivity index (χ4n) is 1.92. The Morgan fingerprint density at radius 1 is 1.00 bits per heavy atom. The van der Waals surface area contributed by atoms with Gasteiger partial charge in [-0.2, -0.15) is 0 Å². The summed E-state index contributed by atoms with van der Waals surface area (Å²) in [5.74, 6) is 0.524. The minimum atomic E-state index is 0.524. The molecule has 0 aliphatic rings. The van der Waals surface area contributed by atoms with Crippen LogP contribution in [0.3, 0.4) is 0 Å². The van der Waals surface area contributed by atoms with Crippen LogP contribution >= 0.6 is 0 Å². The van der Waals surface area contributed by atoms with Gasteiger partial charge in [0.15, 0.2) is 0 Å². The minimum Gasteiger partial charge on any atom is -0.261 e. The predicted octanol–water partition coefficient (Wildman–Crippen LogP) is 4.18. The van der Waals surface area contributed by atoms with Crippen LogP contribution in [0.2, 0.25) is 0 Å². The van der Waals surface area contributed by atoms with Gasteiger partial charge in [0.25, 0.3) is 0 Å². The second-order valence-electron chi connectivity index (χ2n) is 4.42. The lowest BCUT2D eigenvalue weighted by atomic mass is 9.98. The van der Waals surface area contributed by atoms with Gasteiger partial charge >= 0.3 is 0 Å². The van der Waals surface area contributed by atoms with Crippen LogP contribution in [0.4, 0.5) is 0 Å². The second-order valence-corrected chi connectivity index (χ2v) is 4.42. The quantitative estimate of drug-likeness (QED) is 0.726. The highest BCUT2D eigenvalue weighted by Gasteiger charge is 2.06. The van der Waals surface area contributed by atoms with Crippen molar-refractivity contribution in [3.8, 4) is 11.1 Å². The largest absolute Gasteiger partial charge is 0.261 e. The van der Waals surface area contributed by atoms with Crippen molar-refractivity contribution in [3.63, 3.8) is 0 Å². The maximum Gasteiger partial charge on any atom is 0.0407 e. The van der Waals surface area contributed by atoms with Gasteiger partial charge in [0, 0.05) is 17.5 Å². The molecule has 0 fully saturated rings. The first kappa shape index (κ1) is 10.9. The number of aromatic nitrogens is 1. The topological polar surface area (TPSA) is 12.9 Å². The van der Waals surface area contributed by atoms with Crippen LogP contribution in [0.15, 0.2) is 42.6 Å². The van der Waals surface area contributed by atoms with Crippen LogP contribution in [0, 0.1) is 6.92 Å². The summed E-state index contributed by atoms with van der Waals surface area (Å²) in [5, 5.41) is 0. The van der Waals surface area contributed by atoms with E-state index in [4.69, 9.17) is 0 Å². The average molecular weight is 211 g/mol. The third kappa shape index (κ3) is 2.13. The van der Waals surface area contributed by atoms with E-state index in [2.05, 4.69) is 56.1 Å². The summed E-state index contributed by atoms with van der Waals surface area (Å²) in [7, 11) is 0. The third-order valence-corrected chi connectivity index (χ3v) is 2.86. The summed E-state index contributed by atoms with van der Waals surface area (Å²) >= 11 is 0. The fraction of sp³-hybridized carbons (Fsp3) is 0.267. The normalized spacial score (nSPS) is 10.8. The van der Waals surface area contributed by atoms with Gasteiger partial charge < -0.3 is 0 Å². The lowest BCUT2D eigenvalue weighted by molar-refractivity contribution is 0.843. The lowest BCUT2D eigenvalue weighted by Crippen LogP contribution is -1.95. The first-order chi connectivity index (χ1) is 7.68. The molecule has 0 atom stereocenters. The van der Waals surface area contributed by atoms with Gasteiger partial charge in [0.05, 0.1) is 0 Å². The summed E-state index contributed by atoms with van der Waals surface area (Å²) in [4.78, 5) is 4.48. The summed E-state index contributed by atoms with van der Waals surface area (Å²) in [6, 6.07) is 12.7. The van der Waals surface area contributed by atoms with Gasteiger partial charge in [-0.1, -0.05) is 44.2 Å². The van der Waals surface area contributed by atoms with E-state index in [1.54, 1.807) is 0 Å². The SMILES string of the molecule is Cc1ncc(-c2ccccc2)cc1C(C)C. The van der Waals surface area contributed by atoms with E-state index in [1.807, 2.05) is 12.3 Å². The number of aryl methyl sites for hydroxylation is 1. The Morgan fingerprint density at radius 2 is 1.69 bits per heavy atom. The molecule has 0 saturated heterocycles. The molecule has 0 aliphatic heterocycles. The molecule has 0 amide bonds. The molecule has 0 bridgehead atoms. The standard InChI is InChI=1S/C15H17N/c1-11(2)15-9-14(10-16-12(15)3)13-7-5-4-6-8-13/h4-11H,1-3H3. The Hall–Kier alpha value is -1.63. The van der Waals surface area contributed by atoms with Gasteiger partial charge in [-0.05, 0) is 30.0 Å². The molecule has 1 aromatic carbocycles. The molecule has 0 unspecified atom stereocenters. The second kappa shape index (κ2) is 4.48. The lowest BCUT2D eigenvalue weighted by Gasteiger charge is -2.11. The van der Waals surface area contributed by atoms with E-state index in [0.29, 0.717) is 5.92 Å². The Balaban J connectivity index is 2.48. The molecule has 1 heteroatoms. The van der Waals surface area contributed by atoms with E-state index >= 15 is 0 Å². The smallest absolute Gasteiger partial charge is 0.0407 e. The van der Waals surface area contributed by atoms with E-state index < -0.39 is 0 Å². The van der Waals surface area contributed by atoms with Crippen LogP contribution in [0.5, 0.6) is 0 Å². The van der Waals surface area contributed by atoms with Crippen molar-refractivity contribution in [1.29, 1.82) is 0 Å². The molecule has 1 heterocycles. The number of rotatable bonds is 2. The molecule has 2 rings (SSSR count). The summed E-state index contributed by atoms with van der Waals surface area (Å²) in [6.07, 6.45) is 1.95. The summed E-state index contributed by atoms with van der Waals surface area (Å²) < 4.78 is 0. The van der Waals surface area contributed by atoms with Crippen molar-refractivity contribution in [2.45, 2.75) is 26.7 Å². The maximum absolute atomic E-state index is 4.48. The molecule has 1 aromatic heterocycles. The van der Waals surface area contributed by atoms with E-state index in [1.165, 1.54) is 16.7 Å². The van der Waals surface area contributed by atoms with Crippen molar-refractivity contribution < 1.29 is 0 Å². The number of pyridine rings is 1. The molecule has 0 spiro atoms. The van der Waals surface area contributed by atoms with Crippen LogP contribution in [0.1, 0.15) is 31.0 Å². The number of hydrogen-bond donors (Lipinski definition) is 0. The number of benzene rings is 1. The van der Waals surface area contributed by atoms with E-state index in [9.17, 15) is 0 Å². The Bertz CT molecular complexity index is 472. The van der Waals surface area contributed by atoms with Gasteiger partial charge in [-0.25, -0.2) is 0 Å². The molecule has 1 nitrogen and oxygen atoms in total. The zero-order chi connectivity index (χ0) is 11.5. The molecular weight excluding hydrogens is 194 g/mol.